The van der Waals surface area contributed by atoms with Crippen molar-refractivity contribution in [1.29, 1.82) is 0 Å². The maximum Gasteiger partial charge on any atom is 0.309 e. The molecule has 5 heteroatoms. The molecule has 0 spiro atoms. The summed E-state index contributed by atoms with van der Waals surface area (Å²) in [4.78, 5) is 30.7. The van der Waals surface area contributed by atoms with Crippen LogP contribution >= 0.6 is 0 Å². The van der Waals surface area contributed by atoms with Crippen LogP contribution in [0.15, 0.2) is 24.4 Å². The highest BCUT2D eigenvalue weighted by molar-refractivity contribution is 5.76. The number of fused-ring (bicyclic) bond motifs is 2. The Labute approximate surface area is 160 Å². The van der Waals surface area contributed by atoms with E-state index in [1.165, 1.54) is 0 Å². The highest BCUT2D eigenvalue weighted by atomic mass is 16.6. The van der Waals surface area contributed by atoms with Crippen LogP contribution < -0.4 is 0 Å². The van der Waals surface area contributed by atoms with E-state index in [1.807, 2.05) is 31.0 Å². The number of esters is 1. The summed E-state index contributed by atoms with van der Waals surface area (Å²) >= 11 is 0. The SMILES string of the molecule is CC(=O)N1CC[C@@H]2[C@H](C[C@H]3C(=O)O[C@H](C)[C@H]3[C@H]2/C=C/c2ccc(C)cn2)C1. The first-order valence-corrected chi connectivity index (χ1v) is 10.0. The molecule has 1 aromatic rings. The number of hydrogen-bond donors (Lipinski definition) is 0. The fourth-order valence-electron chi connectivity index (χ4n) is 5.43. The smallest absolute Gasteiger partial charge is 0.309 e. The predicted molar refractivity (Wildman–Crippen MR) is 103 cm³/mol. The number of carbonyl (C=O) groups is 2. The first kappa shape index (κ1) is 18.2. The van der Waals surface area contributed by atoms with E-state index >= 15 is 0 Å². The summed E-state index contributed by atoms with van der Waals surface area (Å²) < 4.78 is 5.62. The zero-order valence-corrected chi connectivity index (χ0v) is 16.3. The van der Waals surface area contributed by atoms with Crippen molar-refractivity contribution >= 4 is 18.0 Å². The van der Waals surface area contributed by atoms with Crippen molar-refractivity contribution in [2.75, 3.05) is 13.1 Å². The van der Waals surface area contributed by atoms with Crippen LogP contribution in [0.2, 0.25) is 0 Å². The maximum absolute atomic E-state index is 12.4. The molecule has 0 radical (unpaired) electrons. The standard InChI is InChI=1S/C22H28N2O3/c1-13-4-5-17(23-11-13)6-7-19-18-8-9-24(15(3)25)12-16(18)10-20-21(19)14(2)27-22(20)26/h4-7,11,14,16,18-21H,8-10,12H2,1-3H3/b7-6+/t14-,16-,18-,19+,20-,21+/m1/s1. The number of carbonyl (C=O) groups excluding carboxylic acids is 2. The lowest BCUT2D eigenvalue weighted by atomic mass is 9.59. The summed E-state index contributed by atoms with van der Waals surface area (Å²) in [7, 11) is 0. The summed E-state index contributed by atoms with van der Waals surface area (Å²) in [6.45, 7) is 7.27. The van der Waals surface area contributed by atoms with Gasteiger partial charge in [-0.25, -0.2) is 0 Å². The number of ether oxygens (including phenoxy) is 1. The second kappa shape index (κ2) is 7.10. The highest BCUT2D eigenvalue weighted by Gasteiger charge is 2.54. The molecule has 2 aliphatic heterocycles. The summed E-state index contributed by atoms with van der Waals surface area (Å²) in [5.74, 6) is 1.39. The van der Waals surface area contributed by atoms with E-state index in [-0.39, 0.29) is 35.7 Å². The molecule has 0 unspecified atom stereocenters. The first-order valence-electron chi connectivity index (χ1n) is 10.0. The van der Waals surface area contributed by atoms with Crippen LogP contribution in [-0.2, 0) is 14.3 Å². The molecule has 1 aliphatic carbocycles. The Morgan fingerprint density at radius 3 is 2.89 bits per heavy atom. The van der Waals surface area contributed by atoms with Crippen molar-refractivity contribution in [3.8, 4) is 0 Å². The average molecular weight is 368 g/mol. The quantitative estimate of drug-likeness (QED) is 0.753. The molecule has 0 N–H and O–H groups in total. The van der Waals surface area contributed by atoms with E-state index in [0.29, 0.717) is 11.8 Å². The van der Waals surface area contributed by atoms with Gasteiger partial charge in [-0.3, -0.25) is 14.6 Å². The molecule has 3 aliphatic rings. The van der Waals surface area contributed by atoms with Gasteiger partial charge in [0.2, 0.25) is 5.91 Å². The number of cyclic esters (lactones) is 1. The van der Waals surface area contributed by atoms with E-state index in [1.54, 1.807) is 6.92 Å². The monoisotopic (exact) mass is 368 g/mol. The van der Waals surface area contributed by atoms with E-state index in [9.17, 15) is 9.59 Å². The van der Waals surface area contributed by atoms with E-state index in [0.717, 1.165) is 37.2 Å². The van der Waals surface area contributed by atoms with Crippen LogP contribution in [0, 0.1) is 36.5 Å². The summed E-state index contributed by atoms with van der Waals surface area (Å²) in [6, 6.07) is 4.09. The minimum Gasteiger partial charge on any atom is -0.462 e. The molecule has 5 nitrogen and oxygen atoms in total. The van der Waals surface area contributed by atoms with Crippen LogP contribution in [-0.4, -0.2) is 41.0 Å². The minimum atomic E-state index is -0.0576. The molecule has 27 heavy (non-hydrogen) atoms. The van der Waals surface area contributed by atoms with Gasteiger partial charge in [0, 0.05) is 32.1 Å². The lowest BCUT2D eigenvalue weighted by Crippen LogP contribution is -2.51. The van der Waals surface area contributed by atoms with Gasteiger partial charge < -0.3 is 9.64 Å². The van der Waals surface area contributed by atoms with Crippen molar-refractivity contribution < 1.29 is 14.3 Å². The molecule has 3 heterocycles. The van der Waals surface area contributed by atoms with Crippen LogP contribution in [0.4, 0.5) is 0 Å². The first-order chi connectivity index (χ1) is 12.9. The van der Waals surface area contributed by atoms with Gasteiger partial charge >= 0.3 is 5.97 Å². The molecule has 3 fully saturated rings. The molecule has 1 saturated carbocycles. The summed E-state index contributed by atoms with van der Waals surface area (Å²) in [6.07, 6.45) is 8.02. The number of allylic oxidation sites excluding steroid dienone is 1. The van der Waals surface area contributed by atoms with Gasteiger partial charge in [0.15, 0.2) is 0 Å². The van der Waals surface area contributed by atoms with Crippen LogP contribution in [0.1, 0.15) is 37.9 Å². The highest BCUT2D eigenvalue weighted by Crippen LogP contribution is 2.51. The Hall–Kier alpha value is -2.17. The number of pyridine rings is 1. The molecule has 144 valence electrons. The molecule has 0 bridgehead atoms. The minimum absolute atomic E-state index is 0.0464. The maximum atomic E-state index is 12.4. The molecule has 1 aromatic heterocycles. The fourth-order valence-corrected chi connectivity index (χ4v) is 5.43. The molecular formula is C22H28N2O3. The zero-order valence-electron chi connectivity index (χ0n) is 16.3. The number of amides is 1. The van der Waals surface area contributed by atoms with Crippen molar-refractivity contribution in [2.45, 2.75) is 39.7 Å². The molecule has 4 rings (SSSR count). The predicted octanol–water partition coefficient (Wildman–Crippen LogP) is 3.09. The van der Waals surface area contributed by atoms with Crippen molar-refractivity contribution in [3.63, 3.8) is 0 Å². The number of hydrogen-bond acceptors (Lipinski definition) is 4. The Kier molecular flexibility index (Phi) is 4.79. The van der Waals surface area contributed by atoms with Gasteiger partial charge in [-0.15, -0.1) is 0 Å². The Balaban J connectivity index is 1.62. The van der Waals surface area contributed by atoms with Gasteiger partial charge in [0.05, 0.1) is 11.6 Å². The topological polar surface area (TPSA) is 59.5 Å². The van der Waals surface area contributed by atoms with Gasteiger partial charge in [-0.2, -0.15) is 0 Å². The van der Waals surface area contributed by atoms with E-state index in [4.69, 9.17) is 4.74 Å². The average Bonchev–Trinajstić information content (AvgIpc) is 2.93. The second-order valence-corrected chi connectivity index (χ2v) is 8.44. The Morgan fingerprint density at radius 1 is 1.37 bits per heavy atom. The lowest BCUT2D eigenvalue weighted by Gasteiger charge is -2.48. The van der Waals surface area contributed by atoms with E-state index < -0.39 is 0 Å². The van der Waals surface area contributed by atoms with Crippen LogP contribution in [0.3, 0.4) is 0 Å². The largest absolute Gasteiger partial charge is 0.462 e. The van der Waals surface area contributed by atoms with Crippen molar-refractivity contribution in [2.24, 2.45) is 29.6 Å². The van der Waals surface area contributed by atoms with Crippen LogP contribution in [0.25, 0.3) is 6.08 Å². The zero-order chi connectivity index (χ0) is 19.1. The number of rotatable bonds is 2. The number of aromatic nitrogens is 1. The summed E-state index contributed by atoms with van der Waals surface area (Å²) in [5.41, 5.74) is 2.09. The van der Waals surface area contributed by atoms with Gasteiger partial charge in [0.1, 0.15) is 6.10 Å². The number of piperidine rings is 1. The van der Waals surface area contributed by atoms with Gasteiger partial charge in [-0.1, -0.05) is 12.1 Å². The number of likely N-dealkylation sites (tertiary alicyclic amines) is 1. The van der Waals surface area contributed by atoms with Crippen molar-refractivity contribution in [1.82, 2.24) is 9.88 Å². The van der Waals surface area contributed by atoms with Crippen LogP contribution in [0.5, 0.6) is 0 Å². The second-order valence-electron chi connectivity index (χ2n) is 8.44. The Morgan fingerprint density at radius 2 is 2.19 bits per heavy atom. The normalized spacial score (nSPS) is 35.7. The number of aryl methyl sites for hydroxylation is 1. The molecule has 0 aromatic carbocycles. The third-order valence-corrected chi connectivity index (χ3v) is 6.77. The Bertz CT molecular complexity index is 757. The van der Waals surface area contributed by atoms with Gasteiger partial charge in [-0.05, 0) is 62.1 Å². The molecular weight excluding hydrogens is 340 g/mol. The third kappa shape index (κ3) is 3.40. The summed E-state index contributed by atoms with van der Waals surface area (Å²) in [5, 5.41) is 0. The molecule has 2 saturated heterocycles. The number of nitrogens with zero attached hydrogens (tertiary/aromatic N) is 2. The lowest BCUT2D eigenvalue weighted by molar-refractivity contribution is -0.144. The van der Waals surface area contributed by atoms with E-state index in [2.05, 4.69) is 23.2 Å². The van der Waals surface area contributed by atoms with Gasteiger partial charge in [0.25, 0.3) is 0 Å². The van der Waals surface area contributed by atoms with Crippen molar-refractivity contribution in [3.05, 3.63) is 35.7 Å². The third-order valence-electron chi connectivity index (χ3n) is 6.77. The molecule has 6 atom stereocenters. The molecule has 1 amide bonds. The fraction of sp³-hybridized carbons (Fsp3) is 0.591.